The molecule has 3 amide bonds. The third-order valence-electron chi connectivity index (χ3n) is 5.05. The van der Waals surface area contributed by atoms with Crippen molar-refractivity contribution in [3.8, 4) is 0 Å². The third-order valence-corrected chi connectivity index (χ3v) is 5.74. The first kappa shape index (κ1) is 21.9. The highest BCUT2D eigenvalue weighted by Gasteiger charge is 2.28. The van der Waals surface area contributed by atoms with E-state index < -0.39 is 0 Å². The maximum atomic E-state index is 13.0. The number of rotatable bonds is 9. The van der Waals surface area contributed by atoms with Crippen molar-refractivity contribution in [3.63, 3.8) is 0 Å². The molecule has 1 aliphatic carbocycles. The van der Waals surface area contributed by atoms with E-state index in [0.717, 1.165) is 31.2 Å². The number of thiazole rings is 1. The summed E-state index contributed by atoms with van der Waals surface area (Å²) in [5.74, 6) is -1.08. The zero-order valence-electron chi connectivity index (χ0n) is 16.6. The molecule has 30 heavy (non-hydrogen) atoms. The molecule has 0 radical (unpaired) electrons. The number of amides is 3. The van der Waals surface area contributed by atoms with Gasteiger partial charge in [-0.15, -0.1) is 11.3 Å². The number of hydrogen-bond acceptors (Lipinski definition) is 5. The Morgan fingerprint density at radius 3 is 2.50 bits per heavy atom. The number of aromatic nitrogens is 1. The highest BCUT2D eigenvalue weighted by molar-refractivity contribution is 7.13. The van der Waals surface area contributed by atoms with Crippen molar-refractivity contribution in [2.45, 2.75) is 51.1 Å². The highest BCUT2D eigenvalue weighted by atomic mass is 32.1. The number of benzene rings is 1. The summed E-state index contributed by atoms with van der Waals surface area (Å²) < 4.78 is 13.0. The van der Waals surface area contributed by atoms with Gasteiger partial charge in [-0.2, -0.15) is 0 Å². The van der Waals surface area contributed by atoms with Crippen LogP contribution < -0.4 is 10.6 Å². The Morgan fingerprint density at radius 2 is 1.83 bits per heavy atom. The molecule has 2 N–H and O–H groups in total. The van der Waals surface area contributed by atoms with Crippen molar-refractivity contribution < 1.29 is 18.8 Å². The van der Waals surface area contributed by atoms with Crippen LogP contribution in [-0.4, -0.2) is 40.2 Å². The molecule has 1 aromatic carbocycles. The van der Waals surface area contributed by atoms with Gasteiger partial charge in [0.25, 0.3) is 0 Å². The van der Waals surface area contributed by atoms with Gasteiger partial charge in [0.2, 0.25) is 17.7 Å². The minimum Gasteiger partial charge on any atom is -0.350 e. The van der Waals surface area contributed by atoms with Gasteiger partial charge in [-0.3, -0.25) is 14.4 Å². The lowest BCUT2D eigenvalue weighted by atomic mass is 10.1. The zero-order chi connectivity index (χ0) is 21.3. The van der Waals surface area contributed by atoms with Gasteiger partial charge >= 0.3 is 0 Å². The van der Waals surface area contributed by atoms with Gasteiger partial charge in [0, 0.05) is 37.0 Å². The minimum absolute atomic E-state index is 0.0242. The van der Waals surface area contributed by atoms with Crippen LogP contribution in [-0.2, 0) is 20.9 Å². The molecule has 1 fully saturated rings. The summed E-state index contributed by atoms with van der Waals surface area (Å²) in [5, 5.41) is 7.70. The van der Waals surface area contributed by atoms with E-state index in [1.807, 2.05) is 0 Å². The van der Waals surface area contributed by atoms with Crippen molar-refractivity contribution in [2.75, 3.05) is 11.9 Å². The monoisotopic (exact) mass is 432 g/mol. The number of halogens is 1. The SMILES string of the molecule is O=C(CN(C(=O)CCC(=O)Nc1nccs1)C1CCCC1)NCc1ccc(F)cc1. The lowest BCUT2D eigenvalue weighted by Crippen LogP contribution is -2.45. The van der Waals surface area contributed by atoms with Crippen LogP contribution >= 0.6 is 11.3 Å². The number of nitrogens with one attached hydrogen (secondary N) is 2. The number of carbonyl (C=O) groups excluding carboxylic acids is 3. The molecule has 7 nitrogen and oxygen atoms in total. The van der Waals surface area contributed by atoms with Gasteiger partial charge in [0.05, 0.1) is 6.54 Å². The Bertz CT molecular complexity index is 852. The van der Waals surface area contributed by atoms with Gasteiger partial charge in [-0.1, -0.05) is 25.0 Å². The Balaban J connectivity index is 1.51. The second kappa shape index (κ2) is 10.8. The summed E-state index contributed by atoms with van der Waals surface area (Å²) in [6.45, 7) is 0.223. The lowest BCUT2D eigenvalue weighted by molar-refractivity contribution is -0.139. The summed E-state index contributed by atoms with van der Waals surface area (Å²) >= 11 is 1.31. The first-order chi connectivity index (χ1) is 14.5. The van der Waals surface area contributed by atoms with Crippen LogP contribution in [0.2, 0.25) is 0 Å². The molecule has 0 spiro atoms. The molecule has 3 rings (SSSR count). The Kier molecular flexibility index (Phi) is 7.89. The molecule has 0 atom stereocenters. The number of hydrogen-bond donors (Lipinski definition) is 2. The Hall–Kier alpha value is -2.81. The topological polar surface area (TPSA) is 91.4 Å². The second-order valence-electron chi connectivity index (χ2n) is 7.25. The van der Waals surface area contributed by atoms with Crippen LogP contribution in [0.15, 0.2) is 35.8 Å². The third kappa shape index (κ3) is 6.62. The van der Waals surface area contributed by atoms with E-state index >= 15 is 0 Å². The van der Waals surface area contributed by atoms with Crippen LogP contribution in [0.1, 0.15) is 44.1 Å². The standard InChI is InChI=1S/C21H25FN4O3S/c22-16-7-5-15(6-8-16)13-24-19(28)14-26(17-3-1-2-4-17)20(29)10-9-18(27)25-21-23-11-12-30-21/h5-8,11-12,17H,1-4,9-10,13-14H2,(H,24,28)(H,23,25,27). The van der Waals surface area contributed by atoms with Crippen molar-refractivity contribution in [2.24, 2.45) is 0 Å². The summed E-state index contributed by atoms with van der Waals surface area (Å²) in [6, 6.07) is 5.92. The number of carbonyl (C=O) groups is 3. The van der Waals surface area contributed by atoms with Crippen molar-refractivity contribution in [3.05, 3.63) is 47.2 Å². The molecule has 2 aromatic rings. The smallest absolute Gasteiger partial charge is 0.239 e. The van der Waals surface area contributed by atoms with Gasteiger partial charge in [0.15, 0.2) is 5.13 Å². The predicted molar refractivity (Wildman–Crippen MR) is 112 cm³/mol. The molecular formula is C21H25FN4O3S. The number of nitrogens with zero attached hydrogens (tertiary/aromatic N) is 2. The van der Waals surface area contributed by atoms with E-state index in [1.54, 1.807) is 28.6 Å². The normalized spacial score (nSPS) is 13.8. The molecular weight excluding hydrogens is 407 g/mol. The Morgan fingerprint density at radius 1 is 1.10 bits per heavy atom. The van der Waals surface area contributed by atoms with E-state index in [9.17, 15) is 18.8 Å². The maximum Gasteiger partial charge on any atom is 0.239 e. The molecule has 1 heterocycles. The lowest BCUT2D eigenvalue weighted by Gasteiger charge is -2.28. The molecule has 160 valence electrons. The molecule has 0 bridgehead atoms. The van der Waals surface area contributed by atoms with Crippen molar-refractivity contribution in [1.82, 2.24) is 15.2 Å². The molecule has 1 saturated carbocycles. The molecule has 0 aliphatic heterocycles. The van der Waals surface area contributed by atoms with Crippen LogP contribution in [0.25, 0.3) is 0 Å². The quantitative estimate of drug-likeness (QED) is 0.637. The molecule has 1 aliphatic rings. The fraction of sp³-hybridized carbons (Fsp3) is 0.429. The van der Waals surface area contributed by atoms with Crippen LogP contribution in [0.4, 0.5) is 9.52 Å². The average molecular weight is 433 g/mol. The predicted octanol–water partition coefficient (Wildman–Crippen LogP) is 3.09. The minimum atomic E-state index is -0.332. The second-order valence-corrected chi connectivity index (χ2v) is 8.14. The zero-order valence-corrected chi connectivity index (χ0v) is 17.4. The number of anilines is 1. The van der Waals surface area contributed by atoms with Gasteiger partial charge < -0.3 is 15.5 Å². The van der Waals surface area contributed by atoms with Crippen LogP contribution in [0, 0.1) is 5.82 Å². The van der Waals surface area contributed by atoms with Crippen molar-refractivity contribution in [1.29, 1.82) is 0 Å². The molecule has 0 saturated heterocycles. The van der Waals surface area contributed by atoms with Crippen molar-refractivity contribution >= 4 is 34.2 Å². The van der Waals surface area contributed by atoms with E-state index in [4.69, 9.17) is 0 Å². The molecule has 0 unspecified atom stereocenters. The first-order valence-corrected chi connectivity index (χ1v) is 10.9. The Labute approximate surface area is 178 Å². The summed E-state index contributed by atoms with van der Waals surface area (Å²) in [4.78, 5) is 42.9. The fourth-order valence-electron chi connectivity index (χ4n) is 3.48. The van der Waals surface area contributed by atoms with Gasteiger partial charge in [-0.05, 0) is 30.5 Å². The summed E-state index contributed by atoms with van der Waals surface area (Å²) in [6.07, 6.45) is 5.45. The largest absolute Gasteiger partial charge is 0.350 e. The molecule has 1 aromatic heterocycles. The van der Waals surface area contributed by atoms with Crippen LogP contribution in [0.3, 0.4) is 0 Å². The summed E-state index contributed by atoms with van der Waals surface area (Å²) in [7, 11) is 0. The van der Waals surface area contributed by atoms with Gasteiger partial charge in [-0.25, -0.2) is 9.37 Å². The van der Waals surface area contributed by atoms with E-state index in [2.05, 4.69) is 15.6 Å². The van der Waals surface area contributed by atoms with Crippen LogP contribution in [0.5, 0.6) is 0 Å². The summed E-state index contributed by atoms with van der Waals surface area (Å²) in [5.41, 5.74) is 0.780. The van der Waals surface area contributed by atoms with E-state index in [1.165, 1.54) is 23.5 Å². The van der Waals surface area contributed by atoms with E-state index in [-0.39, 0.29) is 55.5 Å². The fourth-order valence-corrected chi connectivity index (χ4v) is 4.03. The highest BCUT2D eigenvalue weighted by Crippen LogP contribution is 2.24. The average Bonchev–Trinajstić information content (AvgIpc) is 3.44. The maximum absolute atomic E-state index is 13.0. The van der Waals surface area contributed by atoms with E-state index in [0.29, 0.717) is 5.13 Å². The van der Waals surface area contributed by atoms with Gasteiger partial charge in [0.1, 0.15) is 5.82 Å². The first-order valence-electron chi connectivity index (χ1n) is 10.0. The molecule has 9 heteroatoms.